The molecule has 4 aliphatic rings. The molecule has 0 aromatic heterocycles. The van der Waals surface area contributed by atoms with E-state index in [1.54, 1.807) is 22.3 Å². The largest absolute Gasteiger partial charge is 0.103 e. The van der Waals surface area contributed by atoms with Gasteiger partial charge in [-0.2, -0.15) is 0 Å². The highest BCUT2D eigenvalue weighted by molar-refractivity contribution is 5.93. The predicted octanol–water partition coefficient (Wildman–Crippen LogP) is 8.74. The van der Waals surface area contributed by atoms with Gasteiger partial charge < -0.3 is 0 Å². The molecule has 0 saturated heterocycles. The molecule has 170 valence electrons. The summed E-state index contributed by atoms with van der Waals surface area (Å²) in [5.74, 6) is 1.23. The summed E-state index contributed by atoms with van der Waals surface area (Å²) in [6.45, 7) is 24.6. The highest BCUT2D eigenvalue weighted by atomic mass is 14.7. The van der Waals surface area contributed by atoms with E-state index in [4.69, 9.17) is 0 Å². The summed E-state index contributed by atoms with van der Waals surface area (Å²) in [7, 11) is 0. The molecule has 32 heavy (non-hydrogen) atoms. The van der Waals surface area contributed by atoms with Crippen molar-refractivity contribution in [2.24, 2.45) is 33.5 Å². The van der Waals surface area contributed by atoms with Gasteiger partial charge in [0.15, 0.2) is 0 Å². The van der Waals surface area contributed by atoms with Gasteiger partial charge in [0.2, 0.25) is 0 Å². The Balaban J connectivity index is 1.89. The average Bonchev–Trinajstić information content (AvgIpc) is 3.12. The Morgan fingerprint density at radius 2 is 1.72 bits per heavy atom. The van der Waals surface area contributed by atoms with Crippen LogP contribution in [-0.2, 0) is 12.8 Å². The molecule has 5 rings (SSSR count). The van der Waals surface area contributed by atoms with Crippen LogP contribution in [0, 0.1) is 33.5 Å². The third-order valence-corrected chi connectivity index (χ3v) is 11.4. The van der Waals surface area contributed by atoms with Crippen molar-refractivity contribution in [2.75, 3.05) is 0 Å². The Labute approximate surface area is 196 Å². The molecule has 1 aromatic carbocycles. The van der Waals surface area contributed by atoms with E-state index in [1.807, 2.05) is 0 Å². The van der Waals surface area contributed by atoms with Gasteiger partial charge in [-0.3, -0.25) is 0 Å². The fourth-order valence-electron chi connectivity index (χ4n) is 8.14. The van der Waals surface area contributed by atoms with Crippen molar-refractivity contribution in [1.82, 2.24) is 0 Å². The molecular weight excluding hydrogens is 384 g/mol. The molecule has 0 heterocycles. The second-order valence-electron chi connectivity index (χ2n) is 13.0. The number of rotatable bonds is 2. The zero-order valence-electron chi connectivity index (χ0n) is 21.7. The van der Waals surface area contributed by atoms with Crippen LogP contribution in [0.25, 0.3) is 5.57 Å². The van der Waals surface area contributed by atoms with E-state index in [0.29, 0.717) is 11.8 Å². The van der Waals surface area contributed by atoms with E-state index in [0.717, 1.165) is 12.8 Å². The summed E-state index contributed by atoms with van der Waals surface area (Å²) in [6, 6.07) is 6.98. The normalized spacial score (nSPS) is 30.4. The van der Waals surface area contributed by atoms with Crippen LogP contribution in [0.3, 0.4) is 0 Å². The van der Waals surface area contributed by atoms with Crippen molar-refractivity contribution in [1.29, 1.82) is 0 Å². The quantitative estimate of drug-likeness (QED) is 0.415. The minimum absolute atomic E-state index is 0.143. The Bertz CT molecular complexity index is 1090. The van der Waals surface area contributed by atoms with Crippen molar-refractivity contribution in [3.05, 3.63) is 76.4 Å². The molecule has 0 bridgehead atoms. The van der Waals surface area contributed by atoms with Gasteiger partial charge >= 0.3 is 0 Å². The van der Waals surface area contributed by atoms with Crippen molar-refractivity contribution in [3.8, 4) is 0 Å². The smallest absolute Gasteiger partial charge is 0.00134 e. The van der Waals surface area contributed by atoms with Crippen molar-refractivity contribution in [3.63, 3.8) is 0 Å². The molecule has 0 aliphatic heterocycles. The van der Waals surface area contributed by atoms with Gasteiger partial charge in [-0.1, -0.05) is 97.4 Å². The first-order valence-electron chi connectivity index (χ1n) is 12.8. The van der Waals surface area contributed by atoms with E-state index < -0.39 is 0 Å². The summed E-state index contributed by atoms with van der Waals surface area (Å²) < 4.78 is 0. The SMILES string of the molecule is C=CCc1cccc2c1C1=C3C=CCCC3C3C(=C1C2)C(C)(C)C(C)(C)C(C)(C)C3(C)C. The number of hydrogen-bond acceptors (Lipinski definition) is 0. The molecule has 0 heteroatoms. The molecule has 1 saturated carbocycles. The van der Waals surface area contributed by atoms with Gasteiger partial charge in [-0.15, -0.1) is 6.58 Å². The average molecular weight is 427 g/mol. The van der Waals surface area contributed by atoms with Crippen LogP contribution in [-0.4, -0.2) is 0 Å². The van der Waals surface area contributed by atoms with Crippen molar-refractivity contribution >= 4 is 5.57 Å². The molecule has 0 amide bonds. The van der Waals surface area contributed by atoms with Gasteiger partial charge in [0, 0.05) is 0 Å². The van der Waals surface area contributed by atoms with E-state index in [-0.39, 0.29) is 21.7 Å². The lowest BCUT2D eigenvalue weighted by Gasteiger charge is -2.70. The zero-order chi connectivity index (χ0) is 23.3. The van der Waals surface area contributed by atoms with Crippen LogP contribution in [0.5, 0.6) is 0 Å². The van der Waals surface area contributed by atoms with Crippen LogP contribution in [0.15, 0.2) is 59.7 Å². The van der Waals surface area contributed by atoms with E-state index in [1.165, 1.54) is 29.5 Å². The first kappa shape index (κ1) is 22.0. The Morgan fingerprint density at radius 3 is 2.41 bits per heavy atom. The van der Waals surface area contributed by atoms with Gasteiger partial charge in [0.05, 0.1) is 0 Å². The monoisotopic (exact) mass is 426 g/mol. The van der Waals surface area contributed by atoms with Gasteiger partial charge in [-0.25, -0.2) is 0 Å². The fraction of sp³-hybridized carbons (Fsp3) is 0.562. The molecule has 1 fully saturated rings. The molecule has 0 radical (unpaired) electrons. The summed E-state index contributed by atoms with van der Waals surface area (Å²) in [5, 5.41) is 0. The van der Waals surface area contributed by atoms with E-state index >= 15 is 0 Å². The Hall–Kier alpha value is -1.82. The standard InChI is InChI=1S/C32H42/c1-10-14-20-15-13-16-21-19-24-26(25(20)21)22-17-11-12-18-23(22)27-28(24)30(4,5)32(8,9)31(6,7)29(27,2)3/h10-11,13,15-17,23,27H,1,12,14,18-19H2,2-9H3. The summed E-state index contributed by atoms with van der Waals surface area (Å²) in [6.07, 6.45) is 11.6. The Morgan fingerprint density at radius 1 is 1.00 bits per heavy atom. The lowest BCUT2D eigenvalue weighted by atomic mass is 9.34. The van der Waals surface area contributed by atoms with Crippen LogP contribution in [0.4, 0.5) is 0 Å². The zero-order valence-corrected chi connectivity index (χ0v) is 21.7. The van der Waals surface area contributed by atoms with E-state index in [9.17, 15) is 0 Å². The molecule has 0 spiro atoms. The minimum atomic E-state index is 0.143. The summed E-state index contributed by atoms with van der Waals surface area (Å²) in [5.41, 5.74) is 12.0. The van der Waals surface area contributed by atoms with Crippen LogP contribution in [0.1, 0.15) is 84.9 Å². The van der Waals surface area contributed by atoms with E-state index in [2.05, 4.69) is 98.4 Å². The highest BCUT2D eigenvalue weighted by Gasteiger charge is 2.66. The predicted molar refractivity (Wildman–Crippen MR) is 138 cm³/mol. The summed E-state index contributed by atoms with van der Waals surface area (Å²) >= 11 is 0. The third-order valence-electron chi connectivity index (χ3n) is 11.4. The lowest BCUT2D eigenvalue weighted by molar-refractivity contribution is -0.150. The molecule has 0 N–H and O–H groups in total. The molecular formula is C32H42. The molecule has 2 unspecified atom stereocenters. The van der Waals surface area contributed by atoms with Gasteiger partial charge in [0.25, 0.3) is 0 Å². The molecule has 1 aromatic rings. The topological polar surface area (TPSA) is 0 Å². The molecule has 2 atom stereocenters. The maximum absolute atomic E-state index is 4.07. The second kappa shape index (κ2) is 6.62. The van der Waals surface area contributed by atoms with Crippen LogP contribution < -0.4 is 0 Å². The number of fused-ring (bicyclic) bond motifs is 6. The number of hydrogen-bond donors (Lipinski definition) is 0. The van der Waals surface area contributed by atoms with Crippen molar-refractivity contribution in [2.45, 2.75) is 81.1 Å². The maximum Gasteiger partial charge on any atom is -0.00134 e. The lowest BCUT2D eigenvalue weighted by Crippen LogP contribution is -2.63. The Kier molecular flexibility index (Phi) is 4.55. The first-order valence-corrected chi connectivity index (χ1v) is 12.8. The van der Waals surface area contributed by atoms with Crippen LogP contribution >= 0.6 is 0 Å². The fourth-order valence-corrected chi connectivity index (χ4v) is 8.14. The summed E-state index contributed by atoms with van der Waals surface area (Å²) in [4.78, 5) is 0. The first-order chi connectivity index (χ1) is 14.9. The highest BCUT2D eigenvalue weighted by Crippen LogP contribution is 2.74. The minimum Gasteiger partial charge on any atom is -0.103 e. The van der Waals surface area contributed by atoms with Gasteiger partial charge in [0.1, 0.15) is 0 Å². The second-order valence-corrected chi connectivity index (χ2v) is 13.0. The van der Waals surface area contributed by atoms with Crippen LogP contribution in [0.2, 0.25) is 0 Å². The number of benzene rings is 1. The third kappa shape index (κ3) is 2.40. The van der Waals surface area contributed by atoms with Gasteiger partial charge in [-0.05, 0) is 92.6 Å². The maximum atomic E-state index is 4.07. The molecule has 4 aliphatic carbocycles. The van der Waals surface area contributed by atoms with Crippen molar-refractivity contribution < 1.29 is 0 Å². The number of allylic oxidation sites excluding steroid dienone is 7. The molecule has 0 nitrogen and oxygen atoms in total.